The summed E-state index contributed by atoms with van der Waals surface area (Å²) in [5, 5.41) is 2.87. The minimum Gasteiger partial charge on any atom is -0.486 e. The fourth-order valence-electron chi connectivity index (χ4n) is 4.29. The normalized spacial score (nSPS) is 16.7. The number of fused-ring (bicyclic) bond motifs is 1. The van der Waals surface area contributed by atoms with E-state index in [1.807, 2.05) is 12.1 Å². The van der Waals surface area contributed by atoms with Crippen LogP contribution in [0.15, 0.2) is 42.5 Å². The molecule has 2 aromatic rings. The van der Waals surface area contributed by atoms with Gasteiger partial charge in [-0.2, -0.15) is 0 Å². The lowest BCUT2D eigenvalue weighted by Gasteiger charge is -2.29. The van der Waals surface area contributed by atoms with Gasteiger partial charge in [0.2, 0.25) is 15.9 Å². The maximum atomic E-state index is 12.9. The van der Waals surface area contributed by atoms with E-state index < -0.39 is 16.1 Å². The smallest absolute Gasteiger partial charge is 0.243 e. The van der Waals surface area contributed by atoms with Crippen LogP contribution in [0.2, 0.25) is 0 Å². The molecule has 2 aromatic carbocycles. The standard InChI is InChI=1S/C24H31N3O5S/c1-18(27(33(2,29)30)21-10-11-22-23(16-21)32-15-14-31-22)24(28)25-17-19-6-8-20(9-7-19)26-12-4-3-5-13-26/h6-11,16,18H,3-5,12-15,17H2,1-2H3,(H,25,28)/t18-/m1/s1. The fourth-order valence-corrected chi connectivity index (χ4v) is 5.46. The summed E-state index contributed by atoms with van der Waals surface area (Å²) in [5.41, 5.74) is 2.51. The van der Waals surface area contributed by atoms with Gasteiger partial charge < -0.3 is 19.7 Å². The molecule has 9 heteroatoms. The van der Waals surface area contributed by atoms with Crippen molar-refractivity contribution in [3.8, 4) is 11.5 Å². The van der Waals surface area contributed by atoms with Gasteiger partial charge in [0.05, 0.1) is 11.9 Å². The third-order valence-corrected chi connectivity index (χ3v) is 7.23. The van der Waals surface area contributed by atoms with Crippen molar-refractivity contribution in [1.29, 1.82) is 0 Å². The van der Waals surface area contributed by atoms with Gasteiger partial charge in [0, 0.05) is 31.4 Å². The highest BCUT2D eigenvalue weighted by Crippen LogP contribution is 2.35. The van der Waals surface area contributed by atoms with Gasteiger partial charge in [0.1, 0.15) is 19.3 Å². The number of nitrogens with one attached hydrogen (secondary N) is 1. The summed E-state index contributed by atoms with van der Waals surface area (Å²) in [6, 6.07) is 12.1. The summed E-state index contributed by atoms with van der Waals surface area (Å²) in [5.74, 6) is 0.646. The molecule has 4 rings (SSSR count). The number of benzene rings is 2. The highest BCUT2D eigenvalue weighted by Gasteiger charge is 2.30. The summed E-state index contributed by atoms with van der Waals surface area (Å²) in [4.78, 5) is 15.3. The molecule has 0 aliphatic carbocycles. The van der Waals surface area contributed by atoms with Crippen molar-refractivity contribution >= 4 is 27.3 Å². The first-order valence-corrected chi connectivity index (χ1v) is 13.2. The van der Waals surface area contributed by atoms with Crippen LogP contribution in [0.1, 0.15) is 31.7 Å². The van der Waals surface area contributed by atoms with Crippen LogP contribution in [0.4, 0.5) is 11.4 Å². The first-order valence-electron chi connectivity index (χ1n) is 11.3. The Hall–Kier alpha value is -2.94. The molecule has 1 atom stereocenters. The van der Waals surface area contributed by atoms with Crippen LogP contribution in [-0.2, 0) is 21.4 Å². The third kappa shape index (κ3) is 5.52. The summed E-state index contributed by atoms with van der Waals surface area (Å²) in [6.07, 6.45) is 4.81. The van der Waals surface area contributed by atoms with Crippen LogP contribution >= 0.6 is 0 Å². The number of hydrogen-bond donors (Lipinski definition) is 1. The van der Waals surface area contributed by atoms with E-state index in [1.165, 1.54) is 24.9 Å². The molecule has 0 aromatic heterocycles. The number of nitrogens with zero attached hydrogens (tertiary/aromatic N) is 2. The zero-order valence-electron chi connectivity index (χ0n) is 19.1. The van der Waals surface area contributed by atoms with E-state index in [1.54, 1.807) is 25.1 Å². The lowest BCUT2D eigenvalue weighted by Crippen LogP contribution is -2.47. The van der Waals surface area contributed by atoms with E-state index in [0.717, 1.165) is 29.2 Å². The number of carbonyl (C=O) groups is 1. The molecule has 0 saturated carbocycles. The summed E-state index contributed by atoms with van der Waals surface area (Å²) >= 11 is 0. The van der Waals surface area contributed by atoms with Crippen molar-refractivity contribution in [3.05, 3.63) is 48.0 Å². The number of amides is 1. The summed E-state index contributed by atoms with van der Waals surface area (Å²) < 4.78 is 37.4. The van der Waals surface area contributed by atoms with E-state index >= 15 is 0 Å². The van der Waals surface area contributed by atoms with Gasteiger partial charge in [-0.3, -0.25) is 9.10 Å². The highest BCUT2D eigenvalue weighted by atomic mass is 32.2. The molecule has 1 amide bonds. The number of piperidine rings is 1. The molecule has 1 fully saturated rings. The number of hydrogen-bond acceptors (Lipinski definition) is 6. The molecule has 178 valence electrons. The molecule has 2 aliphatic heterocycles. The van der Waals surface area contributed by atoms with Crippen molar-refractivity contribution < 1.29 is 22.7 Å². The number of ether oxygens (including phenoxy) is 2. The number of anilines is 2. The maximum absolute atomic E-state index is 12.9. The molecule has 8 nitrogen and oxygen atoms in total. The highest BCUT2D eigenvalue weighted by molar-refractivity contribution is 7.92. The van der Waals surface area contributed by atoms with Crippen molar-refractivity contribution in [3.63, 3.8) is 0 Å². The molecule has 1 N–H and O–H groups in total. The second kappa shape index (κ2) is 9.91. The second-order valence-electron chi connectivity index (χ2n) is 8.49. The number of sulfonamides is 1. The van der Waals surface area contributed by atoms with E-state index in [9.17, 15) is 13.2 Å². The average Bonchev–Trinajstić information content (AvgIpc) is 2.82. The van der Waals surface area contributed by atoms with Gasteiger partial charge in [-0.1, -0.05) is 12.1 Å². The molecule has 0 spiro atoms. The monoisotopic (exact) mass is 473 g/mol. The molecule has 1 saturated heterocycles. The van der Waals surface area contributed by atoms with Gasteiger partial charge >= 0.3 is 0 Å². The van der Waals surface area contributed by atoms with Crippen LogP contribution in [0.3, 0.4) is 0 Å². The van der Waals surface area contributed by atoms with Crippen LogP contribution in [-0.4, -0.2) is 52.9 Å². The van der Waals surface area contributed by atoms with Crippen molar-refractivity contribution in [2.75, 3.05) is 41.8 Å². The Bertz CT molecular complexity index is 1080. The SMILES string of the molecule is C[C@H](C(=O)NCc1ccc(N2CCCCC2)cc1)N(c1ccc2c(c1)OCCO2)S(C)(=O)=O. The van der Waals surface area contributed by atoms with Crippen molar-refractivity contribution in [2.24, 2.45) is 0 Å². The first kappa shape index (κ1) is 23.2. The van der Waals surface area contributed by atoms with Gasteiger partial charge in [-0.25, -0.2) is 8.42 Å². The summed E-state index contributed by atoms with van der Waals surface area (Å²) in [7, 11) is -3.72. The molecular weight excluding hydrogens is 442 g/mol. The Kier molecular flexibility index (Phi) is 6.97. The molecular formula is C24H31N3O5S. The van der Waals surface area contributed by atoms with E-state index in [-0.39, 0.29) is 5.91 Å². The zero-order valence-corrected chi connectivity index (χ0v) is 19.9. The second-order valence-corrected chi connectivity index (χ2v) is 10.4. The Morgan fingerprint density at radius 2 is 1.70 bits per heavy atom. The topological polar surface area (TPSA) is 88.2 Å². The first-order chi connectivity index (χ1) is 15.8. The lowest BCUT2D eigenvalue weighted by atomic mass is 10.1. The largest absolute Gasteiger partial charge is 0.486 e. The minimum absolute atomic E-state index is 0.322. The van der Waals surface area contributed by atoms with Gasteiger partial charge in [-0.05, 0) is 56.0 Å². The Morgan fingerprint density at radius 3 is 2.36 bits per heavy atom. The maximum Gasteiger partial charge on any atom is 0.243 e. The molecule has 2 aliphatic rings. The van der Waals surface area contributed by atoms with Crippen LogP contribution in [0.25, 0.3) is 0 Å². The summed E-state index contributed by atoms with van der Waals surface area (Å²) in [6.45, 7) is 4.89. The predicted molar refractivity (Wildman–Crippen MR) is 129 cm³/mol. The third-order valence-electron chi connectivity index (χ3n) is 5.99. The Balaban J connectivity index is 1.43. The van der Waals surface area contributed by atoms with Gasteiger partial charge in [0.15, 0.2) is 11.5 Å². The van der Waals surface area contributed by atoms with Crippen molar-refractivity contribution in [2.45, 2.75) is 38.8 Å². The van der Waals surface area contributed by atoms with Crippen molar-refractivity contribution in [1.82, 2.24) is 5.32 Å². The van der Waals surface area contributed by atoms with Crippen LogP contribution in [0.5, 0.6) is 11.5 Å². The minimum atomic E-state index is -3.72. The molecule has 2 heterocycles. The van der Waals surface area contributed by atoms with Gasteiger partial charge in [-0.15, -0.1) is 0 Å². The van der Waals surface area contributed by atoms with Crippen LogP contribution in [0, 0.1) is 0 Å². The fraction of sp³-hybridized carbons (Fsp3) is 0.458. The van der Waals surface area contributed by atoms with Gasteiger partial charge in [0.25, 0.3) is 0 Å². The predicted octanol–water partition coefficient (Wildman–Crippen LogP) is 2.92. The number of carbonyl (C=O) groups excluding carboxylic acids is 1. The number of rotatable bonds is 7. The molecule has 33 heavy (non-hydrogen) atoms. The molecule has 0 bridgehead atoms. The van der Waals surface area contributed by atoms with E-state index in [4.69, 9.17) is 9.47 Å². The van der Waals surface area contributed by atoms with E-state index in [0.29, 0.717) is 36.9 Å². The quantitative estimate of drug-likeness (QED) is 0.665. The average molecular weight is 474 g/mol. The lowest BCUT2D eigenvalue weighted by molar-refractivity contribution is -0.122. The molecule has 0 unspecified atom stereocenters. The van der Waals surface area contributed by atoms with E-state index in [2.05, 4.69) is 22.3 Å². The molecule has 0 radical (unpaired) electrons. The van der Waals surface area contributed by atoms with Crippen LogP contribution < -0.4 is 24.0 Å². The Morgan fingerprint density at radius 1 is 1.03 bits per heavy atom. The zero-order chi connectivity index (χ0) is 23.4. The Labute approximate surface area is 195 Å².